The second-order valence-corrected chi connectivity index (χ2v) is 7.68. The van der Waals surface area contributed by atoms with Crippen molar-refractivity contribution in [1.82, 2.24) is 0 Å². The Hall–Kier alpha value is -0.800. The van der Waals surface area contributed by atoms with E-state index >= 15 is 0 Å². The Balaban J connectivity index is 3.02. The van der Waals surface area contributed by atoms with Crippen molar-refractivity contribution >= 4 is 34.5 Å². The molecule has 4 heteroatoms. The monoisotopic (exact) mass is 298 g/mol. The Bertz CT molecular complexity index is 476. The Morgan fingerprint density at radius 1 is 1.26 bits per heavy atom. The van der Waals surface area contributed by atoms with Crippen molar-refractivity contribution in [3.63, 3.8) is 0 Å². The SMILES string of the molecule is CC(C)(C)CC(C)(C)Nc1ccc(Cl)cc1C(N)=S. The highest BCUT2D eigenvalue weighted by Gasteiger charge is 2.26. The van der Waals surface area contributed by atoms with E-state index < -0.39 is 0 Å². The summed E-state index contributed by atoms with van der Waals surface area (Å²) in [6.07, 6.45) is 1.03. The molecule has 2 nitrogen and oxygen atoms in total. The normalized spacial score (nSPS) is 12.3. The largest absolute Gasteiger partial charge is 0.389 e. The molecule has 0 amide bonds. The molecule has 0 saturated carbocycles. The van der Waals surface area contributed by atoms with Gasteiger partial charge in [-0.15, -0.1) is 0 Å². The minimum atomic E-state index is -0.0500. The summed E-state index contributed by atoms with van der Waals surface area (Å²) >= 11 is 11.1. The molecule has 0 spiro atoms. The molecule has 0 unspecified atom stereocenters. The van der Waals surface area contributed by atoms with Crippen LogP contribution in [-0.2, 0) is 0 Å². The Morgan fingerprint density at radius 2 is 1.84 bits per heavy atom. The second kappa shape index (κ2) is 5.68. The molecule has 0 radical (unpaired) electrons. The fourth-order valence-electron chi connectivity index (χ4n) is 2.56. The van der Waals surface area contributed by atoms with Crippen LogP contribution in [0.2, 0.25) is 5.02 Å². The lowest BCUT2D eigenvalue weighted by atomic mass is 9.81. The van der Waals surface area contributed by atoms with E-state index in [-0.39, 0.29) is 11.0 Å². The van der Waals surface area contributed by atoms with Crippen LogP contribution >= 0.6 is 23.8 Å². The number of benzene rings is 1. The summed E-state index contributed by atoms with van der Waals surface area (Å²) in [7, 11) is 0. The lowest BCUT2D eigenvalue weighted by molar-refractivity contribution is 0.302. The van der Waals surface area contributed by atoms with Gasteiger partial charge >= 0.3 is 0 Å². The van der Waals surface area contributed by atoms with Crippen LogP contribution in [0.3, 0.4) is 0 Å². The molecule has 0 aliphatic heterocycles. The average Bonchev–Trinajstić information content (AvgIpc) is 2.16. The number of thiocarbonyl (C=S) groups is 1. The molecule has 0 bridgehead atoms. The fourth-order valence-corrected chi connectivity index (χ4v) is 2.90. The maximum atomic E-state index is 6.00. The molecule has 1 aromatic carbocycles. The van der Waals surface area contributed by atoms with Crippen molar-refractivity contribution in [2.45, 2.75) is 46.6 Å². The quantitative estimate of drug-likeness (QED) is 0.798. The van der Waals surface area contributed by atoms with E-state index in [0.717, 1.165) is 17.7 Å². The summed E-state index contributed by atoms with van der Waals surface area (Å²) in [6.45, 7) is 11.0. The van der Waals surface area contributed by atoms with E-state index in [2.05, 4.69) is 39.9 Å². The van der Waals surface area contributed by atoms with Crippen molar-refractivity contribution < 1.29 is 0 Å². The molecule has 0 aliphatic rings. The van der Waals surface area contributed by atoms with E-state index in [9.17, 15) is 0 Å². The molecule has 0 saturated heterocycles. The Labute approximate surface area is 126 Å². The summed E-state index contributed by atoms with van der Waals surface area (Å²) in [4.78, 5) is 0.358. The summed E-state index contributed by atoms with van der Waals surface area (Å²) in [5, 5.41) is 4.17. The molecule has 0 aromatic heterocycles. The zero-order valence-electron chi connectivity index (χ0n) is 12.3. The molecule has 0 aliphatic carbocycles. The van der Waals surface area contributed by atoms with Gasteiger partial charge in [-0.2, -0.15) is 0 Å². The van der Waals surface area contributed by atoms with Gasteiger partial charge in [0.1, 0.15) is 4.99 Å². The van der Waals surface area contributed by atoms with Crippen LogP contribution in [0.1, 0.15) is 46.6 Å². The van der Waals surface area contributed by atoms with Gasteiger partial charge in [0.15, 0.2) is 0 Å². The number of hydrogen-bond donors (Lipinski definition) is 2. The van der Waals surface area contributed by atoms with Gasteiger partial charge in [0.05, 0.1) is 0 Å². The summed E-state index contributed by atoms with van der Waals surface area (Å²) in [6, 6.07) is 5.58. The minimum absolute atomic E-state index is 0.0500. The van der Waals surface area contributed by atoms with Crippen molar-refractivity contribution in [2.24, 2.45) is 11.1 Å². The second-order valence-electron chi connectivity index (χ2n) is 6.80. The van der Waals surface area contributed by atoms with Gasteiger partial charge in [-0.1, -0.05) is 44.6 Å². The minimum Gasteiger partial charge on any atom is -0.389 e. The first-order chi connectivity index (χ1) is 8.50. The first-order valence-corrected chi connectivity index (χ1v) is 7.16. The van der Waals surface area contributed by atoms with Crippen LogP contribution in [0, 0.1) is 5.41 Å². The number of halogens is 1. The summed E-state index contributed by atoms with van der Waals surface area (Å²) in [5.41, 5.74) is 7.69. The van der Waals surface area contributed by atoms with E-state index in [4.69, 9.17) is 29.6 Å². The molecule has 3 N–H and O–H groups in total. The summed E-state index contributed by atoms with van der Waals surface area (Å²) in [5.74, 6) is 0. The highest BCUT2D eigenvalue weighted by Crippen LogP contribution is 2.31. The molecular weight excluding hydrogens is 276 g/mol. The Kier molecular flexibility index (Phi) is 4.86. The molecular formula is C15H23ClN2S. The molecule has 0 atom stereocenters. The van der Waals surface area contributed by atoms with Gasteiger partial charge in [0, 0.05) is 21.8 Å². The predicted octanol–water partition coefficient (Wildman–Crippen LogP) is 4.60. The number of nitrogens with two attached hydrogens (primary N) is 1. The number of anilines is 1. The van der Waals surface area contributed by atoms with E-state index in [0.29, 0.717) is 10.0 Å². The van der Waals surface area contributed by atoms with Crippen molar-refractivity contribution in [3.8, 4) is 0 Å². The molecule has 19 heavy (non-hydrogen) atoms. The van der Waals surface area contributed by atoms with Gasteiger partial charge in [0.25, 0.3) is 0 Å². The third-order valence-corrected chi connectivity index (χ3v) is 3.15. The lowest BCUT2D eigenvalue weighted by Crippen LogP contribution is -2.36. The fraction of sp³-hybridized carbons (Fsp3) is 0.533. The van der Waals surface area contributed by atoms with E-state index in [1.165, 1.54) is 0 Å². The van der Waals surface area contributed by atoms with E-state index in [1.807, 2.05) is 12.1 Å². The van der Waals surface area contributed by atoms with Crippen molar-refractivity contribution in [3.05, 3.63) is 28.8 Å². The number of rotatable bonds is 4. The van der Waals surface area contributed by atoms with Gasteiger partial charge in [-0.05, 0) is 43.9 Å². The van der Waals surface area contributed by atoms with Gasteiger partial charge in [-0.3, -0.25) is 0 Å². The standard InChI is InChI=1S/C15H23ClN2S/c1-14(2,3)9-15(4,5)18-12-7-6-10(16)8-11(12)13(17)19/h6-8,18H,9H2,1-5H3,(H2,17,19). The van der Waals surface area contributed by atoms with Crippen LogP contribution in [0.5, 0.6) is 0 Å². The van der Waals surface area contributed by atoms with Crippen LogP contribution in [0.25, 0.3) is 0 Å². The number of nitrogens with one attached hydrogen (secondary N) is 1. The maximum Gasteiger partial charge on any atom is 0.106 e. The van der Waals surface area contributed by atoms with E-state index in [1.54, 1.807) is 6.07 Å². The highest BCUT2D eigenvalue weighted by atomic mass is 35.5. The zero-order chi connectivity index (χ0) is 14.8. The third kappa shape index (κ3) is 5.37. The molecule has 1 rings (SSSR count). The first-order valence-electron chi connectivity index (χ1n) is 6.38. The first kappa shape index (κ1) is 16.3. The number of hydrogen-bond acceptors (Lipinski definition) is 2. The molecule has 0 heterocycles. The average molecular weight is 299 g/mol. The van der Waals surface area contributed by atoms with Gasteiger partial charge in [0.2, 0.25) is 0 Å². The van der Waals surface area contributed by atoms with Crippen molar-refractivity contribution in [1.29, 1.82) is 0 Å². The van der Waals surface area contributed by atoms with Crippen LogP contribution in [0.15, 0.2) is 18.2 Å². The third-order valence-electron chi connectivity index (χ3n) is 2.69. The smallest absolute Gasteiger partial charge is 0.106 e. The summed E-state index contributed by atoms with van der Waals surface area (Å²) < 4.78 is 0. The van der Waals surface area contributed by atoms with Gasteiger partial charge in [-0.25, -0.2) is 0 Å². The topological polar surface area (TPSA) is 38.0 Å². The van der Waals surface area contributed by atoms with Crippen LogP contribution in [0.4, 0.5) is 5.69 Å². The maximum absolute atomic E-state index is 6.00. The molecule has 0 fully saturated rings. The van der Waals surface area contributed by atoms with Crippen molar-refractivity contribution in [2.75, 3.05) is 5.32 Å². The lowest BCUT2D eigenvalue weighted by Gasteiger charge is -2.34. The van der Waals surface area contributed by atoms with Crippen LogP contribution < -0.4 is 11.1 Å². The molecule has 1 aromatic rings. The predicted molar refractivity (Wildman–Crippen MR) is 89.1 cm³/mol. The van der Waals surface area contributed by atoms with Crippen LogP contribution in [-0.4, -0.2) is 10.5 Å². The highest BCUT2D eigenvalue weighted by molar-refractivity contribution is 7.80. The Morgan fingerprint density at radius 3 is 2.32 bits per heavy atom. The van der Waals surface area contributed by atoms with Gasteiger partial charge < -0.3 is 11.1 Å². The zero-order valence-corrected chi connectivity index (χ0v) is 13.9. The molecule has 106 valence electrons.